The molecule has 0 fully saturated rings. The number of aromatic nitrogens is 1. The molecule has 4 aromatic rings. The minimum atomic E-state index is 0.287. The number of allylic oxidation sites excluding steroid dienone is 1. The number of fused-ring (bicyclic) bond motifs is 1. The fourth-order valence-corrected chi connectivity index (χ4v) is 3.06. The van der Waals surface area contributed by atoms with Gasteiger partial charge in [-0.25, -0.2) is 4.98 Å². The molecular weight excluding hydrogens is 448 g/mol. The van der Waals surface area contributed by atoms with E-state index >= 15 is 0 Å². The number of hydrazone groups is 1. The predicted molar refractivity (Wildman–Crippen MR) is 150 cm³/mol. The van der Waals surface area contributed by atoms with Gasteiger partial charge in [0.25, 0.3) is 0 Å². The van der Waals surface area contributed by atoms with Crippen LogP contribution < -0.4 is 21.1 Å². The molecule has 0 spiro atoms. The van der Waals surface area contributed by atoms with Crippen molar-refractivity contribution in [3.63, 3.8) is 0 Å². The van der Waals surface area contributed by atoms with E-state index < -0.39 is 0 Å². The zero-order valence-corrected chi connectivity index (χ0v) is 21.4. The van der Waals surface area contributed by atoms with Gasteiger partial charge in [-0.15, -0.1) is 6.58 Å². The summed E-state index contributed by atoms with van der Waals surface area (Å²) in [5.41, 5.74) is 9.32. The smallest absolute Gasteiger partial charge is 0.150 e. The number of ether oxygens (including phenoxy) is 2. The zero-order chi connectivity index (χ0) is 26.2. The maximum absolute atomic E-state index is 5.91. The van der Waals surface area contributed by atoms with Crippen molar-refractivity contribution in [1.82, 2.24) is 4.98 Å². The van der Waals surface area contributed by atoms with Gasteiger partial charge in [-0.3, -0.25) is 0 Å². The fourth-order valence-electron chi connectivity index (χ4n) is 3.06. The molecule has 0 amide bonds. The van der Waals surface area contributed by atoms with Crippen LogP contribution in [0, 0.1) is 0 Å². The van der Waals surface area contributed by atoms with Crippen LogP contribution in [0.4, 0.5) is 0 Å². The minimum Gasteiger partial charge on any atom is -0.489 e. The van der Waals surface area contributed by atoms with Gasteiger partial charge in [0.05, 0.1) is 11.2 Å². The van der Waals surface area contributed by atoms with E-state index in [0.29, 0.717) is 19.0 Å². The average Bonchev–Trinajstić information content (AvgIpc) is 2.96. The monoisotopic (exact) mass is 484 g/mol. The molecule has 0 saturated heterocycles. The zero-order valence-electron chi connectivity index (χ0n) is 21.4. The number of para-hydroxylation sites is 1. The molecule has 6 nitrogen and oxygen atoms in total. The molecule has 188 valence electrons. The molecule has 0 aliphatic heterocycles. The topological polar surface area (TPSA) is 95.8 Å². The maximum Gasteiger partial charge on any atom is 0.150 e. The van der Waals surface area contributed by atoms with Crippen molar-refractivity contribution >= 4 is 16.7 Å². The summed E-state index contributed by atoms with van der Waals surface area (Å²) in [6.07, 6.45) is 2.96. The molecule has 0 bridgehead atoms. The molecule has 1 heterocycles. The van der Waals surface area contributed by atoms with E-state index in [4.69, 9.17) is 21.1 Å². The van der Waals surface area contributed by atoms with Crippen LogP contribution in [0.2, 0.25) is 0 Å². The van der Waals surface area contributed by atoms with Crippen molar-refractivity contribution in [2.45, 2.75) is 40.4 Å². The third kappa shape index (κ3) is 8.80. The number of hydrogen-bond donors (Lipinski definition) is 2. The van der Waals surface area contributed by atoms with E-state index in [1.165, 1.54) is 0 Å². The number of nitrogens with two attached hydrogens (primary N) is 2. The first-order chi connectivity index (χ1) is 17.6. The predicted octanol–water partition coefficient (Wildman–Crippen LogP) is 6.58. The van der Waals surface area contributed by atoms with Crippen LogP contribution in [-0.4, -0.2) is 10.8 Å². The van der Waals surface area contributed by atoms with E-state index in [1.807, 2.05) is 98.8 Å². The highest BCUT2D eigenvalue weighted by Crippen LogP contribution is 2.22. The molecule has 4 N–H and O–H groups in total. The highest BCUT2D eigenvalue weighted by atomic mass is 16.5. The van der Waals surface area contributed by atoms with Crippen LogP contribution in [0.1, 0.15) is 44.0 Å². The van der Waals surface area contributed by atoms with E-state index in [1.54, 1.807) is 0 Å². The molecule has 0 aliphatic carbocycles. The van der Waals surface area contributed by atoms with Crippen LogP contribution in [0.3, 0.4) is 0 Å². The van der Waals surface area contributed by atoms with Crippen molar-refractivity contribution in [3.8, 4) is 11.5 Å². The SMILES string of the molecule is C=CCC.CC.N/N=C(\N)c1cccc(COc2cccc(OCc3ccc4ccccc4n3)c2)c1. The Morgan fingerprint density at radius 1 is 0.889 bits per heavy atom. The number of benzene rings is 3. The van der Waals surface area contributed by atoms with Gasteiger partial charge in [0, 0.05) is 17.0 Å². The third-order valence-electron chi connectivity index (χ3n) is 4.90. The molecule has 0 radical (unpaired) electrons. The van der Waals surface area contributed by atoms with Gasteiger partial charge in [-0.1, -0.05) is 75.4 Å². The van der Waals surface area contributed by atoms with E-state index in [2.05, 4.69) is 29.7 Å². The lowest BCUT2D eigenvalue weighted by Gasteiger charge is -2.10. The van der Waals surface area contributed by atoms with Crippen LogP contribution in [0.25, 0.3) is 10.9 Å². The number of nitrogens with zero attached hydrogens (tertiary/aromatic N) is 2. The van der Waals surface area contributed by atoms with Crippen LogP contribution >= 0.6 is 0 Å². The van der Waals surface area contributed by atoms with E-state index in [-0.39, 0.29) is 5.84 Å². The second kappa shape index (κ2) is 15.6. The minimum absolute atomic E-state index is 0.287. The summed E-state index contributed by atoms with van der Waals surface area (Å²) in [7, 11) is 0. The van der Waals surface area contributed by atoms with Gasteiger partial charge >= 0.3 is 0 Å². The summed E-state index contributed by atoms with van der Waals surface area (Å²) >= 11 is 0. The first-order valence-electron chi connectivity index (χ1n) is 12.1. The molecular formula is C30H36N4O2. The lowest BCUT2D eigenvalue weighted by Crippen LogP contribution is -2.15. The van der Waals surface area contributed by atoms with Crippen molar-refractivity contribution in [1.29, 1.82) is 0 Å². The van der Waals surface area contributed by atoms with Crippen molar-refractivity contribution < 1.29 is 9.47 Å². The third-order valence-corrected chi connectivity index (χ3v) is 4.90. The Morgan fingerprint density at radius 2 is 1.56 bits per heavy atom. The Morgan fingerprint density at radius 3 is 2.25 bits per heavy atom. The first kappa shape index (κ1) is 27.9. The summed E-state index contributed by atoms with van der Waals surface area (Å²) in [5.74, 6) is 6.96. The lowest BCUT2D eigenvalue weighted by atomic mass is 10.1. The van der Waals surface area contributed by atoms with Crippen LogP contribution in [0.15, 0.2) is 103 Å². The van der Waals surface area contributed by atoms with E-state index in [9.17, 15) is 0 Å². The van der Waals surface area contributed by atoms with Gasteiger partial charge in [0.1, 0.15) is 30.5 Å². The Kier molecular flexibility index (Phi) is 12.1. The summed E-state index contributed by atoms with van der Waals surface area (Å²) in [6, 6.07) is 27.2. The highest BCUT2D eigenvalue weighted by Gasteiger charge is 2.04. The standard InChI is InChI=1S/C24H22N4O2.C4H8.C2H6/c25-24(28-26)19-7-3-5-17(13-19)15-29-21-8-4-9-22(14-21)30-16-20-12-11-18-6-1-2-10-23(18)27-20;1-3-4-2;1-2/h1-14H,15-16,26H2,(H2,25,28);3H,1,4H2,2H3;1-2H3. The van der Waals surface area contributed by atoms with Crippen molar-refractivity contribution in [3.05, 3.63) is 114 Å². The number of amidine groups is 1. The summed E-state index contributed by atoms with van der Waals surface area (Å²) in [5, 5.41) is 4.64. The van der Waals surface area contributed by atoms with Gasteiger partial charge < -0.3 is 21.1 Å². The Balaban J connectivity index is 0.000000694. The Labute approximate surface area is 214 Å². The summed E-state index contributed by atoms with van der Waals surface area (Å²) < 4.78 is 11.8. The molecule has 0 unspecified atom stereocenters. The van der Waals surface area contributed by atoms with Crippen LogP contribution in [0.5, 0.6) is 11.5 Å². The molecule has 36 heavy (non-hydrogen) atoms. The van der Waals surface area contributed by atoms with Crippen LogP contribution in [-0.2, 0) is 13.2 Å². The fraction of sp³-hybridized carbons (Fsp3) is 0.200. The molecule has 0 aliphatic rings. The lowest BCUT2D eigenvalue weighted by molar-refractivity contribution is 0.288. The second-order valence-corrected chi connectivity index (χ2v) is 7.46. The number of rotatable bonds is 8. The average molecular weight is 485 g/mol. The Bertz CT molecular complexity index is 1250. The van der Waals surface area contributed by atoms with Crippen molar-refractivity contribution in [2.24, 2.45) is 16.7 Å². The molecule has 6 heteroatoms. The molecule has 0 atom stereocenters. The molecule has 3 aromatic carbocycles. The number of hydrogen-bond acceptors (Lipinski definition) is 5. The van der Waals surface area contributed by atoms with Gasteiger partial charge in [-0.2, -0.15) is 5.10 Å². The first-order valence-corrected chi connectivity index (χ1v) is 12.1. The quantitative estimate of drug-likeness (QED) is 0.0968. The van der Waals surface area contributed by atoms with Gasteiger partial charge in [-0.05, 0) is 42.3 Å². The van der Waals surface area contributed by atoms with Gasteiger partial charge in [0.15, 0.2) is 0 Å². The number of pyridine rings is 1. The second-order valence-electron chi connectivity index (χ2n) is 7.46. The summed E-state index contributed by atoms with van der Waals surface area (Å²) in [6.45, 7) is 10.3. The molecule has 0 saturated carbocycles. The van der Waals surface area contributed by atoms with E-state index in [0.717, 1.165) is 39.9 Å². The molecule has 4 rings (SSSR count). The Hall–Kier alpha value is -4.32. The highest BCUT2D eigenvalue weighted by molar-refractivity contribution is 5.97. The maximum atomic E-state index is 5.91. The summed E-state index contributed by atoms with van der Waals surface area (Å²) in [4.78, 5) is 4.63. The largest absolute Gasteiger partial charge is 0.489 e. The normalized spacial score (nSPS) is 10.4. The van der Waals surface area contributed by atoms with Crippen molar-refractivity contribution in [2.75, 3.05) is 0 Å². The van der Waals surface area contributed by atoms with Gasteiger partial charge in [0.2, 0.25) is 0 Å². The molecule has 1 aromatic heterocycles.